The number of nitrogens with zero attached hydrogens (tertiary/aromatic N) is 1. The predicted octanol–water partition coefficient (Wildman–Crippen LogP) is 1.10. The molecule has 0 bridgehead atoms. The summed E-state index contributed by atoms with van der Waals surface area (Å²) in [5, 5.41) is 3.52. The number of hydrogen-bond acceptors (Lipinski definition) is 3. The van der Waals surface area contributed by atoms with E-state index in [9.17, 15) is 0 Å². The third-order valence-electron chi connectivity index (χ3n) is 3.99. The molecule has 0 amide bonds. The van der Waals surface area contributed by atoms with Gasteiger partial charge >= 0.3 is 0 Å². The number of likely N-dealkylation sites (N-methyl/N-ethyl adjacent to an activating group) is 1. The molecule has 0 radical (unpaired) electrons. The summed E-state index contributed by atoms with van der Waals surface area (Å²) < 4.78 is 5.42. The fourth-order valence-corrected chi connectivity index (χ4v) is 2.93. The van der Waals surface area contributed by atoms with Gasteiger partial charge in [-0.25, -0.2) is 0 Å². The van der Waals surface area contributed by atoms with Crippen LogP contribution >= 0.6 is 0 Å². The Hall–Kier alpha value is -0.120. The summed E-state index contributed by atoms with van der Waals surface area (Å²) in [4.78, 5) is 2.58. The van der Waals surface area contributed by atoms with Crippen molar-refractivity contribution >= 4 is 0 Å². The van der Waals surface area contributed by atoms with Crippen molar-refractivity contribution < 1.29 is 4.74 Å². The molecule has 1 heterocycles. The molecule has 2 aliphatic rings. The molecule has 1 aliphatic heterocycles. The number of rotatable bonds is 4. The summed E-state index contributed by atoms with van der Waals surface area (Å²) >= 11 is 0. The lowest BCUT2D eigenvalue weighted by Gasteiger charge is -2.46. The summed E-state index contributed by atoms with van der Waals surface area (Å²) in [6, 6.07) is 0.635. The van der Waals surface area contributed by atoms with Crippen LogP contribution in [-0.4, -0.2) is 49.8 Å². The van der Waals surface area contributed by atoms with Crippen LogP contribution in [0.15, 0.2) is 0 Å². The number of hydrogen-bond donors (Lipinski definition) is 1. The first kappa shape index (κ1) is 11.4. The molecule has 1 N–H and O–H groups in total. The minimum Gasteiger partial charge on any atom is -0.379 e. The second kappa shape index (κ2) is 4.40. The van der Waals surface area contributed by atoms with Gasteiger partial charge in [-0.3, -0.25) is 4.90 Å². The molecule has 3 nitrogen and oxygen atoms in total. The molecule has 0 aromatic rings. The maximum absolute atomic E-state index is 5.42. The maximum atomic E-state index is 5.42. The van der Waals surface area contributed by atoms with E-state index in [0.717, 1.165) is 32.2 Å². The van der Waals surface area contributed by atoms with Crippen molar-refractivity contribution in [2.45, 2.75) is 38.3 Å². The third-order valence-corrected chi connectivity index (χ3v) is 3.99. The molecule has 1 unspecified atom stereocenters. The summed E-state index contributed by atoms with van der Waals surface area (Å²) in [6.07, 6.45) is 2.80. The van der Waals surface area contributed by atoms with Crippen molar-refractivity contribution in [2.75, 3.05) is 33.4 Å². The van der Waals surface area contributed by atoms with Crippen LogP contribution in [0.3, 0.4) is 0 Å². The van der Waals surface area contributed by atoms with Gasteiger partial charge in [0.05, 0.1) is 13.2 Å². The van der Waals surface area contributed by atoms with Gasteiger partial charge in [-0.05, 0) is 39.7 Å². The third kappa shape index (κ3) is 2.35. The normalized spacial score (nSPS) is 26.6. The molecule has 0 aromatic heterocycles. The zero-order valence-electron chi connectivity index (χ0n) is 10.3. The van der Waals surface area contributed by atoms with E-state index >= 15 is 0 Å². The van der Waals surface area contributed by atoms with E-state index < -0.39 is 0 Å². The lowest BCUT2D eigenvalue weighted by molar-refractivity contribution is -0.0252. The highest BCUT2D eigenvalue weighted by molar-refractivity contribution is 5.01. The Morgan fingerprint density at radius 2 is 1.87 bits per heavy atom. The van der Waals surface area contributed by atoms with Gasteiger partial charge in [-0.1, -0.05) is 0 Å². The van der Waals surface area contributed by atoms with Crippen LogP contribution in [0.1, 0.15) is 26.7 Å². The van der Waals surface area contributed by atoms with Gasteiger partial charge in [-0.2, -0.15) is 0 Å². The Morgan fingerprint density at radius 3 is 2.33 bits per heavy atom. The molecule has 0 spiro atoms. The van der Waals surface area contributed by atoms with Crippen LogP contribution in [-0.2, 0) is 4.74 Å². The Morgan fingerprint density at radius 1 is 1.27 bits per heavy atom. The van der Waals surface area contributed by atoms with Gasteiger partial charge in [-0.15, -0.1) is 0 Å². The molecule has 2 rings (SSSR count). The van der Waals surface area contributed by atoms with Crippen molar-refractivity contribution in [1.29, 1.82) is 0 Å². The van der Waals surface area contributed by atoms with Crippen LogP contribution in [0.5, 0.6) is 0 Å². The van der Waals surface area contributed by atoms with Gasteiger partial charge in [0, 0.05) is 24.7 Å². The van der Waals surface area contributed by atoms with Crippen LogP contribution in [0.25, 0.3) is 0 Å². The largest absolute Gasteiger partial charge is 0.379 e. The zero-order valence-corrected chi connectivity index (χ0v) is 10.3. The summed E-state index contributed by atoms with van der Waals surface area (Å²) in [6.45, 7) is 8.69. The second-order valence-corrected chi connectivity index (χ2v) is 5.36. The highest BCUT2D eigenvalue weighted by atomic mass is 16.5. The van der Waals surface area contributed by atoms with E-state index in [0.29, 0.717) is 6.04 Å². The van der Waals surface area contributed by atoms with E-state index in [1.54, 1.807) is 0 Å². The van der Waals surface area contributed by atoms with E-state index in [2.05, 4.69) is 31.1 Å². The fourth-order valence-electron chi connectivity index (χ4n) is 2.93. The number of ether oxygens (including phenoxy) is 1. The van der Waals surface area contributed by atoms with Gasteiger partial charge in [0.1, 0.15) is 0 Å². The molecule has 3 heteroatoms. The molecule has 1 saturated carbocycles. The smallest absolute Gasteiger partial charge is 0.0594 e. The standard InChI is InChI=1S/C12H24N2O/c1-12(2,11(13-3)10-4-5-10)14-6-8-15-9-7-14/h10-11,13H,4-9H2,1-3H3. The van der Waals surface area contributed by atoms with E-state index in [1.807, 2.05) is 0 Å². The minimum absolute atomic E-state index is 0.264. The average Bonchev–Trinajstić information content (AvgIpc) is 3.04. The van der Waals surface area contributed by atoms with Crippen LogP contribution < -0.4 is 5.32 Å². The van der Waals surface area contributed by atoms with Crippen molar-refractivity contribution in [3.63, 3.8) is 0 Å². The molecular weight excluding hydrogens is 188 g/mol. The first-order valence-corrected chi connectivity index (χ1v) is 6.16. The monoisotopic (exact) mass is 212 g/mol. The van der Waals surface area contributed by atoms with Crippen molar-refractivity contribution in [1.82, 2.24) is 10.2 Å². The summed E-state index contributed by atoms with van der Waals surface area (Å²) in [5.74, 6) is 0.896. The Bertz CT molecular complexity index is 208. The molecule has 15 heavy (non-hydrogen) atoms. The lowest BCUT2D eigenvalue weighted by Crippen LogP contribution is -2.60. The van der Waals surface area contributed by atoms with Gasteiger partial charge in [0.15, 0.2) is 0 Å². The first-order valence-electron chi connectivity index (χ1n) is 6.16. The van der Waals surface area contributed by atoms with E-state index in [1.165, 1.54) is 12.8 Å². The van der Waals surface area contributed by atoms with E-state index in [-0.39, 0.29) is 5.54 Å². The highest BCUT2D eigenvalue weighted by Gasteiger charge is 2.43. The molecular formula is C12H24N2O. The SMILES string of the molecule is CNC(C1CC1)C(C)(C)N1CCOCC1. The van der Waals surface area contributed by atoms with Gasteiger partial charge < -0.3 is 10.1 Å². The van der Waals surface area contributed by atoms with E-state index in [4.69, 9.17) is 4.74 Å². The van der Waals surface area contributed by atoms with Crippen molar-refractivity contribution in [3.8, 4) is 0 Å². The quantitative estimate of drug-likeness (QED) is 0.755. The molecule has 2 fully saturated rings. The summed E-state index contributed by atoms with van der Waals surface area (Å²) in [5.41, 5.74) is 0.264. The Kier molecular flexibility index (Phi) is 3.33. The van der Waals surface area contributed by atoms with Gasteiger partial charge in [0.25, 0.3) is 0 Å². The second-order valence-electron chi connectivity index (χ2n) is 5.36. The Labute approximate surface area is 93.2 Å². The number of nitrogens with one attached hydrogen (secondary N) is 1. The zero-order chi connectivity index (χ0) is 10.9. The molecule has 1 saturated heterocycles. The average molecular weight is 212 g/mol. The van der Waals surface area contributed by atoms with Crippen LogP contribution in [0.4, 0.5) is 0 Å². The van der Waals surface area contributed by atoms with Crippen LogP contribution in [0, 0.1) is 5.92 Å². The predicted molar refractivity (Wildman–Crippen MR) is 62.0 cm³/mol. The molecule has 0 aromatic carbocycles. The lowest BCUT2D eigenvalue weighted by atomic mass is 9.88. The van der Waals surface area contributed by atoms with Crippen molar-refractivity contribution in [3.05, 3.63) is 0 Å². The van der Waals surface area contributed by atoms with Crippen LogP contribution in [0.2, 0.25) is 0 Å². The molecule has 1 aliphatic carbocycles. The molecule has 1 atom stereocenters. The minimum atomic E-state index is 0.264. The van der Waals surface area contributed by atoms with Gasteiger partial charge in [0.2, 0.25) is 0 Å². The molecule has 88 valence electrons. The number of morpholine rings is 1. The topological polar surface area (TPSA) is 24.5 Å². The maximum Gasteiger partial charge on any atom is 0.0594 e. The first-order chi connectivity index (χ1) is 7.16. The Balaban J connectivity index is 2.01. The van der Waals surface area contributed by atoms with Crippen molar-refractivity contribution in [2.24, 2.45) is 5.92 Å². The fraction of sp³-hybridized carbons (Fsp3) is 1.00. The summed E-state index contributed by atoms with van der Waals surface area (Å²) in [7, 11) is 2.10. The highest BCUT2D eigenvalue weighted by Crippen LogP contribution is 2.39.